The summed E-state index contributed by atoms with van der Waals surface area (Å²) in [5, 5.41) is 2.66. The molecule has 2 aliphatic heterocycles. The van der Waals surface area contributed by atoms with Crippen LogP contribution in [0.4, 0.5) is 15.8 Å². The predicted molar refractivity (Wildman–Crippen MR) is 122 cm³/mol. The maximum Gasteiger partial charge on any atom is 0.271 e. The number of halogens is 1. The van der Waals surface area contributed by atoms with Gasteiger partial charge in [-0.25, -0.2) is 4.39 Å². The van der Waals surface area contributed by atoms with Crippen molar-refractivity contribution in [3.8, 4) is 0 Å². The van der Waals surface area contributed by atoms with Gasteiger partial charge in [-0.3, -0.25) is 19.3 Å². The Morgan fingerprint density at radius 2 is 1.76 bits per heavy atom. The SMILES string of the molecule is Cc1ccc(NC(=O)C23CCC(=O)N2c2ccccc2C(=O)N3Cc2ccccc2)c(F)c1. The van der Waals surface area contributed by atoms with Crippen LogP contribution in [0.15, 0.2) is 72.8 Å². The van der Waals surface area contributed by atoms with Gasteiger partial charge in [0.15, 0.2) is 0 Å². The van der Waals surface area contributed by atoms with E-state index in [4.69, 9.17) is 0 Å². The van der Waals surface area contributed by atoms with E-state index >= 15 is 0 Å². The summed E-state index contributed by atoms with van der Waals surface area (Å²) >= 11 is 0. The lowest BCUT2D eigenvalue weighted by Gasteiger charge is -2.49. The number of hydrogen-bond donors (Lipinski definition) is 1. The Morgan fingerprint density at radius 1 is 1.03 bits per heavy atom. The number of benzene rings is 3. The summed E-state index contributed by atoms with van der Waals surface area (Å²) in [6, 6.07) is 20.6. The number of carbonyl (C=O) groups is 3. The summed E-state index contributed by atoms with van der Waals surface area (Å²) in [5.41, 5.74) is 0.690. The third kappa shape index (κ3) is 3.28. The van der Waals surface area contributed by atoms with E-state index in [9.17, 15) is 18.8 Å². The minimum atomic E-state index is -1.60. The van der Waals surface area contributed by atoms with Gasteiger partial charge >= 0.3 is 0 Å². The quantitative estimate of drug-likeness (QED) is 0.655. The summed E-state index contributed by atoms with van der Waals surface area (Å²) in [5.74, 6) is -1.80. The van der Waals surface area contributed by atoms with Gasteiger partial charge in [-0.15, -0.1) is 0 Å². The van der Waals surface area contributed by atoms with Crippen LogP contribution in [0.3, 0.4) is 0 Å². The fourth-order valence-electron chi connectivity index (χ4n) is 4.71. The zero-order valence-electron chi connectivity index (χ0n) is 18.0. The Labute approximate surface area is 190 Å². The molecule has 1 saturated heterocycles. The lowest BCUT2D eigenvalue weighted by Crippen LogP contribution is -2.69. The maximum atomic E-state index is 14.6. The summed E-state index contributed by atoms with van der Waals surface area (Å²) in [6.45, 7) is 1.88. The molecule has 3 aromatic carbocycles. The van der Waals surface area contributed by atoms with Crippen LogP contribution >= 0.6 is 0 Å². The largest absolute Gasteiger partial charge is 0.320 e. The first-order valence-corrected chi connectivity index (χ1v) is 10.8. The highest BCUT2D eigenvalue weighted by Gasteiger charge is 2.60. The van der Waals surface area contributed by atoms with Crippen molar-refractivity contribution >= 4 is 29.1 Å². The second-order valence-electron chi connectivity index (χ2n) is 8.38. The minimum Gasteiger partial charge on any atom is -0.320 e. The van der Waals surface area contributed by atoms with Gasteiger partial charge in [0.05, 0.1) is 16.9 Å². The fourth-order valence-corrected chi connectivity index (χ4v) is 4.71. The average Bonchev–Trinajstić information content (AvgIpc) is 3.17. The molecule has 3 aromatic rings. The summed E-state index contributed by atoms with van der Waals surface area (Å²) in [4.78, 5) is 43.5. The Bertz CT molecular complexity index is 1280. The zero-order chi connectivity index (χ0) is 23.2. The van der Waals surface area contributed by atoms with E-state index in [0.717, 1.165) is 5.56 Å². The fraction of sp³-hybridized carbons (Fsp3) is 0.192. The zero-order valence-corrected chi connectivity index (χ0v) is 18.0. The van der Waals surface area contributed by atoms with E-state index in [1.165, 1.54) is 21.9 Å². The molecule has 1 N–H and O–H groups in total. The van der Waals surface area contributed by atoms with Crippen LogP contribution in [0, 0.1) is 12.7 Å². The molecule has 7 heteroatoms. The lowest BCUT2D eigenvalue weighted by atomic mass is 9.94. The number of para-hydroxylation sites is 1. The molecule has 166 valence electrons. The lowest BCUT2D eigenvalue weighted by molar-refractivity contribution is -0.129. The van der Waals surface area contributed by atoms with Gasteiger partial charge in [-0.1, -0.05) is 48.5 Å². The first-order chi connectivity index (χ1) is 15.9. The molecule has 5 rings (SSSR count). The van der Waals surface area contributed by atoms with Gasteiger partial charge in [-0.05, 0) is 42.3 Å². The van der Waals surface area contributed by atoms with Crippen molar-refractivity contribution in [1.82, 2.24) is 4.90 Å². The third-order valence-electron chi connectivity index (χ3n) is 6.29. The number of anilines is 2. The third-order valence-corrected chi connectivity index (χ3v) is 6.29. The molecule has 1 unspecified atom stereocenters. The van der Waals surface area contributed by atoms with Crippen LogP contribution in [0.2, 0.25) is 0 Å². The topological polar surface area (TPSA) is 69.7 Å². The highest BCUT2D eigenvalue weighted by Crippen LogP contribution is 2.45. The smallest absolute Gasteiger partial charge is 0.271 e. The molecular weight excluding hydrogens is 421 g/mol. The number of nitrogens with one attached hydrogen (secondary N) is 1. The molecule has 33 heavy (non-hydrogen) atoms. The molecule has 0 aromatic heterocycles. The van der Waals surface area contributed by atoms with Gasteiger partial charge in [-0.2, -0.15) is 0 Å². The van der Waals surface area contributed by atoms with E-state index in [2.05, 4.69) is 5.32 Å². The Kier molecular flexibility index (Phi) is 4.96. The molecular formula is C26H22FN3O3. The number of hydrogen-bond acceptors (Lipinski definition) is 3. The number of fused-ring (bicyclic) bond motifs is 3. The van der Waals surface area contributed by atoms with E-state index in [0.29, 0.717) is 16.8 Å². The summed E-state index contributed by atoms with van der Waals surface area (Å²) < 4.78 is 14.6. The number of aryl methyl sites for hydroxylation is 1. The summed E-state index contributed by atoms with van der Waals surface area (Å²) in [6.07, 6.45) is 0.203. The molecule has 3 amide bonds. The van der Waals surface area contributed by atoms with Gasteiger partial charge in [0, 0.05) is 19.4 Å². The first-order valence-electron chi connectivity index (χ1n) is 10.8. The van der Waals surface area contributed by atoms with Crippen LogP contribution in [-0.4, -0.2) is 28.3 Å². The standard InChI is InChI=1S/C26H22FN3O3/c1-17-11-12-21(20(27)15-17)28-25(33)26-14-13-23(31)30(26)22-10-6-5-9-19(22)24(32)29(26)16-18-7-3-2-4-8-18/h2-12,15H,13-14,16H2,1H3,(H,28,33). The van der Waals surface area contributed by atoms with Gasteiger partial charge in [0.1, 0.15) is 5.82 Å². The van der Waals surface area contributed by atoms with Gasteiger partial charge < -0.3 is 10.2 Å². The van der Waals surface area contributed by atoms with Crippen LogP contribution in [-0.2, 0) is 16.1 Å². The minimum absolute atomic E-state index is 0.00485. The molecule has 0 saturated carbocycles. The van der Waals surface area contributed by atoms with Crippen molar-refractivity contribution in [2.75, 3.05) is 10.2 Å². The number of carbonyl (C=O) groups excluding carboxylic acids is 3. The number of nitrogens with zero attached hydrogens (tertiary/aromatic N) is 2. The first kappa shape index (κ1) is 20.9. The van der Waals surface area contributed by atoms with Crippen LogP contribution in [0.5, 0.6) is 0 Å². The van der Waals surface area contributed by atoms with Crippen molar-refractivity contribution in [1.29, 1.82) is 0 Å². The van der Waals surface area contributed by atoms with Crippen LogP contribution in [0.1, 0.15) is 34.3 Å². The van der Waals surface area contributed by atoms with Gasteiger partial charge in [0.2, 0.25) is 11.6 Å². The molecule has 2 heterocycles. The Balaban J connectivity index is 1.65. The van der Waals surface area contributed by atoms with Crippen molar-refractivity contribution in [3.05, 3.63) is 95.3 Å². The molecule has 0 spiro atoms. The van der Waals surface area contributed by atoms with Crippen LogP contribution in [0.25, 0.3) is 0 Å². The second kappa shape index (κ2) is 7.85. The van der Waals surface area contributed by atoms with E-state index in [1.54, 1.807) is 37.3 Å². The second-order valence-corrected chi connectivity index (χ2v) is 8.38. The average molecular weight is 443 g/mol. The van der Waals surface area contributed by atoms with E-state index in [1.807, 2.05) is 30.3 Å². The normalized spacial score (nSPS) is 19.3. The van der Waals surface area contributed by atoms with Crippen LogP contribution < -0.4 is 10.2 Å². The molecule has 1 fully saturated rings. The molecule has 0 bridgehead atoms. The Morgan fingerprint density at radius 3 is 2.52 bits per heavy atom. The number of rotatable bonds is 4. The van der Waals surface area contributed by atoms with Crippen molar-refractivity contribution < 1.29 is 18.8 Å². The van der Waals surface area contributed by atoms with Crippen molar-refractivity contribution in [2.24, 2.45) is 0 Å². The molecule has 0 radical (unpaired) electrons. The highest BCUT2D eigenvalue weighted by atomic mass is 19.1. The summed E-state index contributed by atoms with van der Waals surface area (Å²) in [7, 11) is 0. The highest BCUT2D eigenvalue weighted by molar-refractivity contribution is 6.18. The Hall–Kier alpha value is -4.00. The number of amides is 3. The molecule has 6 nitrogen and oxygen atoms in total. The molecule has 2 aliphatic rings. The monoisotopic (exact) mass is 443 g/mol. The van der Waals surface area contributed by atoms with Crippen molar-refractivity contribution in [3.63, 3.8) is 0 Å². The van der Waals surface area contributed by atoms with Crippen molar-refractivity contribution in [2.45, 2.75) is 32.0 Å². The van der Waals surface area contributed by atoms with Gasteiger partial charge in [0.25, 0.3) is 11.8 Å². The molecule has 1 atom stereocenters. The maximum absolute atomic E-state index is 14.6. The van der Waals surface area contributed by atoms with E-state index in [-0.39, 0.29) is 36.9 Å². The molecule has 0 aliphatic carbocycles. The predicted octanol–water partition coefficient (Wildman–Crippen LogP) is 4.25. The van der Waals surface area contributed by atoms with E-state index < -0.39 is 17.4 Å².